The van der Waals surface area contributed by atoms with Gasteiger partial charge >= 0.3 is 33.2 Å². The summed E-state index contributed by atoms with van der Waals surface area (Å²) in [6, 6.07) is 24.2. The van der Waals surface area contributed by atoms with Crippen LogP contribution in [0, 0.1) is 0 Å². The number of nitrogens with zero attached hydrogens (tertiary/aromatic N) is 3. The van der Waals surface area contributed by atoms with Crippen molar-refractivity contribution >= 4 is 43.1 Å². The van der Waals surface area contributed by atoms with Crippen molar-refractivity contribution < 1.29 is 12.9 Å². The van der Waals surface area contributed by atoms with Crippen LogP contribution >= 0.6 is 20.3 Å². The maximum atomic E-state index is 4.89. The number of rotatable bonds is 4. The van der Waals surface area contributed by atoms with Gasteiger partial charge in [0.05, 0.1) is 34.2 Å². The molecular weight excluding hydrogens is 472 g/mol. The van der Waals surface area contributed by atoms with Crippen LogP contribution in [0.25, 0.3) is 0 Å². The van der Waals surface area contributed by atoms with Crippen LogP contribution in [-0.2, 0) is 18.3 Å². The van der Waals surface area contributed by atoms with Gasteiger partial charge < -0.3 is 0 Å². The van der Waals surface area contributed by atoms with Crippen molar-refractivity contribution in [2.24, 2.45) is 9.98 Å². The molecule has 0 radical (unpaired) electrons. The Bertz CT molecular complexity index is 1040. The summed E-state index contributed by atoms with van der Waals surface area (Å²) in [4.78, 5) is 14.4. The Morgan fingerprint density at radius 3 is 1.84 bits per heavy atom. The molecule has 1 aromatic heterocycles. The van der Waals surface area contributed by atoms with E-state index in [2.05, 4.69) is 44.0 Å². The SMILES string of the molecule is CC(=Nc1ccccc1)c1cccc(C(C)=Nc2ccccc2C(C)(C)C)n1.[Cl][Co][Cl]. The van der Waals surface area contributed by atoms with E-state index in [0.29, 0.717) is 12.9 Å². The molecule has 0 bridgehead atoms. The third-order valence-electron chi connectivity index (χ3n) is 4.54. The molecule has 2 aromatic carbocycles. The van der Waals surface area contributed by atoms with Crippen LogP contribution in [0.5, 0.6) is 0 Å². The number of aliphatic imine (C=N–C) groups is 2. The van der Waals surface area contributed by atoms with E-state index in [1.165, 1.54) is 5.56 Å². The second-order valence-corrected chi connectivity index (χ2v) is 9.67. The fraction of sp³-hybridized carbons (Fsp3) is 0.240. The standard InChI is InChI=1S/C25H27N3.2ClH.Co/c1-18(26-20-12-7-6-8-13-20)22-16-11-17-23(28-22)19(2)27-24-15-10-9-14-21(24)25(3,4)5;;;/h6-17H,1-5H3;2*1H;/q;;;+2/p-2. The van der Waals surface area contributed by atoms with Crippen molar-refractivity contribution in [3.63, 3.8) is 0 Å². The first-order valence-electron chi connectivity index (χ1n) is 9.83. The van der Waals surface area contributed by atoms with Gasteiger partial charge in [-0.3, -0.25) is 9.98 Å². The minimum atomic E-state index is 0.0363. The Morgan fingerprint density at radius 2 is 1.26 bits per heavy atom. The number of benzene rings is 2. The predicted molar refractivity (Wildman–Crippen MR) is 131 cm³/mol. The van der Waals surface area contributed by atoms with Crippen molar-refractivity contribution in [3.05, 3.63) is 89.7 Å². The molecular formula is C25H27Cl2CoN3. The second-order valence-electron chi connectivity index (χ2n) is 7.95. The van der Waals surface area contributed by atoms with Gasteiger partial charge in [0.2, 0.25) is 0 Å². The summed E-state index contributed by atoms with van der Waals surface area (Å²) in [6.45, 7) is 10.6. The van der Waals surface area contributed by atoms with E-state index in [4.69, 9.17) is 30.3 Å². The molecule has 3 aromatic rings. The number of aromatic nitrogens is 1. The molecule has 0 atom stereocenters. The number of hydrogen-bond donors (Lipinski definition) is 0. The quantitative estimate of drug-likeness (QED) is 0.335. The maximum absolute atomic E-state index is 4.89. The van der Waals surface area contributed by atoms with Crippen molar-refractivity contribution in [3.8, 4) is 0 Å². The molecule has 0 aliphatic rings. The summed E-state index contributed by atoms with van der Waals surface area (Å²) in [5.74, 6) is 0. The number of para-hydroxylation sites is 2. The minimum absolute atomic E-state index is 0.0363. The molecule has 0 amide bonds. The van der Waals surface area contributed by atoms with E-state index in [9.17, 15) is 0 Å². The van der Waals surface area contributed by atoms with E-state index in [-0.39, 0.29) is 5.41 Å². The van der Waals surface area contributed by atoms with Gasteiger partial charge in [-0.2, -0.15) is 0 Å². The Morgan fingerprint density at radius 1 is 0.742 bits per heavy atom. The van der Waals surface area contributed by atoms with E-state index in [1.807, 2.05) is 68.4 Å². The Balaban J connectivity index is 0.00000107. The first kappa shape index (κ1) is 25.3. The fourth-order valence-corrected chi connectivity index (χ4v) is 3.03. The van der Waals surface area contributed by atoms with E-state index in [0.717, 1.165) is 34.2 Å². The van der Waals surface area contributed by atoms with Gasteiger partial charge in [-0.1, -0.05) is 63.2 Å². The van der Waals surface area contributed by atoms with Crippen molar-refractivity contribution in [2.45, 2.75) is 40.0 Å². The summed E-state index contributed by atoms with van der Waals surface area (Å²) < 4.78 is 0. The summed E-state index contributed by atoms with van der Waals surface area (Å²) >= 11 is 0.382. The summed E-state index contributed by atoms with van der Waals surface area (Å²) in [6.07, 6.45) is 0. The third-order valence-corrected chi connectivity index (χ3v) is 4.54. The van der Waals surface area contributed by atoms with Crippen LogP contribution in [0.3, 0.4) is 0 Å². The number of halogens is 2. The van der Waals surface area contributed by atoms with Crippen molar-refractivity contribution in [1.82, 2.24) is 4.98 Å². The molecule has 1 heterocycles. The topological polar surface area (TPSA) is 37.6 Å². The van der Waals surface area contributed by atoms with Gasteiger partial charge in [0, 0.05) is 0 Å². The number of pyridine rings is 1. The fourth-order valence-electron chi connectivity index (χ4n) is 3.03. The molecule has 0 fully saturated rings. The average Bonchev–Trinajstić information content (AvgIpc) is 2.75. The van der Waals surface area contributed by atoms with Crippen LogP contribution in [0.15, 0.2) is 82.8 Å². The van der Waals surface area contributed by atoms with E-state index >= 15 is 0 Å². The van der Waals surface area contributed by atoms with Gasteiger partial charge in [-0.15, -0.1) is 0 Å². The van der Waals surface area contributed by atoms with Gasteiger partial charge in [0.1, 0.15) is 0 Å². The van der Waals surface area contributed by atoms with Gasteiger partial charge in [0.15, 0.2) is 0 Å². The predicted octanol–water partition coefficient (Wildman–Crippen LogP) is 8.04. The van der Waals surface area contributed by atoms with Crippen LogP contribution in [0.4, 0.5) is 11.4 Å². The number of hydrogen-bond acceptors (Lipinski definition) is 3. The molecule has 0 unspecified atom stereocenters. The summed E-state index contributed by atoms with van der Waals surface area (Å²) in [5, 5.41) is 0. The Kier molecular flexibility index (Phi) is 9.91. The first-order chi connectivity index (χ1) is 14.8. The molecule has 3 nitrogen and oxygen atoms in total. The first-order valence-corrected chi connectivity index (χ1v) is 12.7. The van der Waals surface area contributed by atoms with Crippen molar-refractivity contribution in [1.29, 1.82) is 0 Å². The normalized spacial score (nSPS) is 12.4. The van der Waals surface area contributed by atoms with E-state index in [1.54, 1.807) is 0 Å². The molecule has 0 saturated carbocycles. The zero-order chi connectivity index (χ0) is 22.9. The Labute approximate surface area is 200 Å². The molecule has 3 rings (SSSR count). The van der Waals surface area contributed by atoms with Gasteiger partial charge in [-0.25, -0.2) is 4.98 Å². The third kappa shape index (κ3) is 7.89. The van der Waals surface area contributed by atoms with Crippen LogP contribution in [0.2, 0.25) is 0 Å². The molecule has 0 aliphatic heterocycles. The molecule has 0 spiro atoms. The van der Waals surface area contributed by atoms with Crippen LogP contribution in [-0.4, -0.2) is 16.4 Å². The summed E-state index contributed by atoms with van der Waals surface area (Å²) in [7, 11) is 9.47. The molecule has 0 saturated heterocycles. The molecule has 6 heteroatoms. The summed E-state index contributed by atoms with van der Waals surface area (Å²) in [5.41, 5.74) is 6.69. The van der Waals surface area contributed by atoms with Crippen molar-refractivity contribution in [2.75, 3.05) is 0 Å². The zero-order valence-corrected chi connectivity index (χ0v) is 20.9. The average molecular weight is 499 g/mol. The monoisotopic (exact) mass is 498 g/mol. The van der Waals surface area contributed by atoms with Crippen LogP contribution < -0.4 is 0 Å². The Hall–Kier alpha value is -1.98. The van der Waals surface area contributed by atoms with Gasteiger partial charge in [-0.05, 0) is 55.2 Å². The second kappa shape index (κ2) is 12.2. The molecule has 31 heavy (non-hydrogen) atoms. The van der Waals surface area contributed by atoms with E-state index < -0.39 is 0 Å². The van der Waals surface area contributed by atoms with Gasteiger partial charge in [0.25, 0.3) is 0 Å². The zero-order valence-electron chi connectivity index (χ0n) is 18.4. The molecule has 0 N–H and O–H groups in total. The molecule has 165 valence electrons. The molecule has 0 aliphatic carbocycles. The van der Waals surface area contributed by atoms with Crippen LogP contribution in [0.1, 0.15) is 51.6 Å².